The molecule has 0 bridgehead atoms. The molecule has 0 fully saturated rings. The van der Waals surface area contributed by atoms with E-state index < -0.39 is 0 Å². The van der Waals surface area contributed by atoms with E-state index in [1.165, 1.54) is 0 Å². The monoisotopic (exact) mass is 207 g/mol. The lowest BCUT2D eigenvalue weighted by molar-refractivity contribution is 0.112. The predicted molar refractivity (Wildman–Crippen MR) is 64.6 cm³/mol. The van der Waals surface area contributed by atoms with Gasteiger partial charge in [-0.25, -0.2) is 4.98 Å². The van der Waals surface area contributed by atoms with E-state index in [0.717, 1.165) is 28.1 Å². The standard InChI is InChI=1S/C14H9NO/c16-9-12-6-3-5-11-8-10-4-1-2-7-13(10)15-14(11)12/h1-9H. The first kappa shape index (κ1) is 9.04. The number of carbonyl (C=O) groups excluding carboxylic acids is 1. The number of nitrogens with zero attached hydrogens (tertiary/aromatic N) is 1. The van der Waals surface area contributed by atoms with Gasteiger partial charge in [0.25, 0.3) is 0 Å². The van der Waals surface area contributed by atoms with Gasteiger partial charge < -0.3 is 0 Å². The number of aldehydes is 1. The molecule has 2 nitrogen and oxygen atoms in total. The minimum atomic E-state index is 0.642. The molecule has 0 N–H and O–H groups in total. The molecular formula is C14H9NO. The van der Waals surface area contributed by atoms with Gasteiger partial charge in [0, 0.05) is 16.3 Å². The van der Waals surface area contributed by atoms with Crippen molar-refractivity contribution >= 4 is 28.1 Å². The highest BCUT2D eigenvalue weighted by atomic mass is 16.1. The molecule has 0 aliphatic heterocycles. The third-order valence-electron chi connectivity index (χ3n) is 2.71. The molecule has 0 atom stereocenters. The van der Waals surface area contributed by atoms with Crippen LogP contribution >= 0.6 is 0 Å². The highest BCUT2D eigenvalue weighted by molar-refractivity contribution is 6.00. The fourth-order valence-corrected chi connectivity index (χ4v) is 1.92. The van der Waals surface area contributed by atoms with Gasteiger partial charge in [0.05, 0.1) is 11.0 Å². The SMILES string of the molecule is O=Cc1cccc2cc3ccccc3nc12. The van der Waals surface area contributed by atoms with Gasteiger partial charge in [-0.15, -0.1) is 0 Å². The second kappa shape index (κ2) is 3.42. The van der Waals surface area contributed by atoms with Gasteiger partial charge in [0.2, 0.25) is 0 Å². The number of aromatic nitrogens is 1. The lowest BCUT2D eigenvalue weighted by atomic mass is 10.1. The lowest BCUT2D eigenvalue weighted by Gasteiger charge is -2.02. The quantitative estimate of drug-likeness (QED) is 0.453. The van der Waals surface area contributed by atoms with Crippen molar-refractivity contribution in [2.45, 2.75) is 0 Å². The van der Waals surface area contributed by atoms with E-state index in [-0.39, 0.29) is 0 Å². The van der Waals surface area contributed by atoms with Gasteiger partial charge >= 0.3 is 0 Å². The maximum Gasteiger partial charge on any atom is 0.152 e. The number of hydrogen-bond donors (Lipinski definition) is 0. The van der Waals surface area contributed by atoms with Crippen molar-refractivity contribution in [3.05, 3.63) is 54.1 Å². The smallest absolute Gasteiger partial charge is 0.152 e. The average molecular weight is 207 g/mol. The summed E-state index contributed by atoms with van der Waals surface area (Å²) in [5.74, 6) is 0. The molecule has 3 rings (SSSR count). The van der Waals surface area contributed by atoms with Gasteiger partial charge in [-0.2, -0.15) is 0 Å². The van der Waals surface area contributed by atoms with Crippen molar-refractivity contribution in [1.82, 2.24) is 4.98 Å². The maximum absolute atomic E-state index is 10.9. The Bertz CT molecular complexity index is 688. The van der Waals surface area contributed by atoms with Crippen LogP contribution < -0.4 is 0 Å². The van der Waals surface area contributed by atoms with Gasteiger partial charge in [0.1, 0.15) is 0 Å². The van der Waals surface area contributed by atoms with E-state index in [9.17, 15) is 4.79 Å². The van der Waals surface area contributed by atoms with Gasteiger partial charge in [-0.3, -0.25) is 4.79 Å². The Kier molecular flexibility index (Phi) is 1.93. The molecule has 0 amide bonds. The Morgan fingerprint density at radius 1 is 0.938 bits per heavy atom. The molecule has 0 saturated heterocycles. The highest BCUT2D eigenvalue weighted by Gasteiger charge is 2.02. The first-order valence-corrected chi connectivity index (χ1v) is 5.12. The zero-order valence-corrected chi connectivity index (χ0v) is 8.55. The summed E-state index contributed by atoms with van der Waals surface area (Å²) in [6.45, 7) is 0. The zero-order valence-electron chi connectivity index (χ0n) is 8.55. The first-order chi connectivity index (χ1) is 7.88. The van der Waals surface area contributed by atoms with Crippen LogP contribution in [0.2, 0.25) is 0 Å². The Labute approximate surface area is 92.5 Å². The van der Waals surface area contributed by atoms with E-state index in [1.54, 1.807) is 6.07 Å². The number of hydrogen-bond acceptors (Lipinski definition) is 2. The number of benzene rings is 2. The molecule has 1 aromatic heterocycles. The third kappa shape index (κ3) is 1.27. The van der Waals surface area contributed by atoms with E-state index >= 15 is 0 Å². The molecule has 2 aromatic carbocycles. The average Bonchev–Trinajstić information content (AvgIpc) is 2.35. The second-order valence-corrected chi connectivity index (χ2v) is 3.72. The van der Waals surface area contributed by atoms with Gasteiger partial charge in [-0.1, -0.05) is 30.3 Å². The van der Waals surface area contributed by atoms with Crippen molar-refractivity contribution in [3.63, 3.8) is 0 Å². The fraction of sp³-hybridized carbons (Fsp3) is 0. The number of carbonyl (C=O) groups is 1. The molecular weight excluding hydrogens is 198 g/mol. The predicted octanol–water partition coefficient (Wildman–Crippen LogP) is 3.20. The summed E-state index contributed by atoms with van der Waals surface area (Å²) in [5.41, 5.74) is 2.34. The Balaban J connectivity index is 2.51. The molecule has 16 heavy (non-hydrogen) atoms. The van der Waals surface area contributed by atoms with Crippen LogP contribution in [0, 0.1) is 0 Å². The van der Waals surface area contributed by atoms with E-state index in [0.29, 0.717) is 5.56 Å². The molecule has 1 heterocycles. The third-order valence-corrected chi connectivity index (χ3v) is 2.71. The van der Waals surface area contributed by atoms with Crippen LogP contribution in [0.4, 0.5) is 0 Å². The highest BCUT2D eigenvalue weighted by Crippen LogP contribution is 2.21. The summed E-state index contributed by atoms with van der Waals surface area (Å²) in [5, 5.41) is 2.10. The number of fused-ring (bicyclic) bond motifs is 2. The molecule has 0 saturated carbocycles. The van der Waals surface area contributed by atoms with Crippen LogP contribution in [0.25, 0.3) is 21.8 Å². The maximum atomic E-state index is 10.9. The topological polar surface area (TPSA) is 30.0 Å². The van der Waals surface area contributed by atoms with Crippen molar-refractivity contribution in [3.8, 4) is 0 Å². The molecule has 0 unspecified atom stereocenters. The molecule has 0 aliphatic carbocycles. The largest absolute Gasteiger partial charge is 0.298 e. The van der Waals surface area contributed by atoms with Crippen LogP contribution in [0.3, 0.4) is 0 Å². The molecule has 2 heteroatoms. The molecule has 0 radical (unpaired) electrons. The molecule has 0 spiro atoms. The second-order valence-electron chi connectivity index (χ2n) is 3.72. The Morgan fingerprint density at radius 3 is 2.62 bits per heavy atom. The first-order valence-electron chi connectivity index (χ1n) is 5.12. The van der Waals surface area contributed by atoms with Crippen molar-refractivity contribution < 1.29 is 4.79 Å². The number of pyridine rings is 1. The minimum absolute atomic E-state index is 0.642. The van der Waals surface area contributed by atoms with Gasteiger partial charge in [-0.05, 0) is 18.2 Å². The minimum Gasteiger partial charge on any atom is -0.298 e. The summed E-state index contributed by atoms with van der Waals surface area (Å²) < 4.78 is 0. The summed E-state index contributed by atoms with van der Waals surface area (Å²) >= 11 is 0. The summed E-state index contributed by atoms with van der Waals surface area (Å²) in [4.78, 5) is 15.4. The fourth-order valence-electron chi connectivity index (χ4n) is 1.92. The van der Waals surface area contributed by atoms with Gasteiger partial charge in [0.15, 0.2) is 6.29 Å². The molecule has 3 aromatic rings. The lowest BCUT2D eigenvalue weighted by Crippen LogP contribution is -1.88. The molecule has 0 aliphatic rings. The van der Waals surface area contributed by atoms with Crippen LogP contribution in [-0.4, -0.2) is 11.3 Å². The van der Waals surface area contributed by atoms with E-state index in [1.807, 2.05) is 36.4 Å². The summed E-state index contributed by atoms with van der Waals surface area (Å²) in [6.07, 6.45) is 0.851. The normalized spacial score (nSPS) is 10.8. The van der Waals surface area contributed by atoms with E-state index in [2.05, 4.69) is 11.1 Å². The van der Waals surface area contributed by atoms with Crippen molar-refractivity contribution in [2.75, 3.05) is 0 Å². The molecule has 76 valence electrons. The van der Waals surface area contributed by atoms with Crippen molar-refractivity contribution in [2.24, 2.45) is 0 Å². The summed E-state index contributed by atoms with van der Waals surface area (Å²) in [7, 11) is 0. The van der Waals surface area contributed by atoms with Crippen LogP contribution in [0.1, 0.15) is 10.4 Å². The Morgan fingerprint density at radius 2 is 1.75 bits per heavy atom. The van der Waals surface area contributed by atoms with Crippen LogP contribution in [-0.2, 0) is 0 Å². The van der Waals surface area contributed by atoms with Crippen LogP contribution in [0.5, 0.6) is 0 Å². The van der Waals surface area contributed by atoms with Crippen molar-refractivity contribution in [1.29, 1.82) is 0 Å². The Hall–Kier alpha value is -2.22. The van der Waals surface area contributed by atoms with E-state index in [4.69, 9.17) is 0 Å². The number of rotatable bonds is 1. The zero-order chi connectivity index (χ0) is 11.0. The number of para-hydroxylation sites is 2. The van der Waals surface area contributed by atoms with Crippen LogP contribution in [0.15, 0.2) is 48.5 Å². The summed E-state index contributed by atoms with van der Waals surface area (Å²) in [6, 6.07) is 15.6.